The highest BCUT2D eigenvalue weighted by molar-refractivity contribution is 7.92. The van der Waals surface area contributed by atoms with Crippen molar-refractivity contribution in [1.29, 1.82) is 5.26 Å². The van der Waals surface area contributed by atoms with Gasteiger partial charge >= 0.3 is 0 Å². The molecule has 0 saturated carbocycles. The first-order valence-corrected chi connectivity index (χ1v) is 12.4. The van der Waals surface area contributed by atoms with Gasteiger partial charge in [-0.05, 0) is 48.0 Å². The quantitative estimate of drug-likeness (QED) is 0.324. The van der Waals surface area contributed by atoms with Gasteiger partial charge in [0.15, 0.2) is 0 Å². The molecule has 158 valence electrons. The zero-order chi connectivity index (χ0) is 22.3. The van der Waals surface area contributed by atoms with E-state index in [1.165, 1.54) is 11.3 Å². The molecule has 0 spiro atoms. The Balaban J connectivity index is 1.54. The van der Waals surface area contributed by atoms with E-state index in [4.69, 9.17) is 0 Å². The number of sulfonamides is 1. The molecule has 0 fully saturated rings. The molecule has 0 atom stereocenters. The molecular formula is C23H17N5O2S2. The number of aromatic amines is 1. The van der Waals surface area contributed by atoms with Gasteiger partial charge in [-0.3, -0.25) is 4.72 Å². The number of anilines is 3. The Morgan fingerprint density at radius 3 is 2.59 bits per heavy atom. The number of rotatable bonds is 5. The average molecular weight is 460 g/mol. The first-order chi connectivity index (χ1) is 15.4. The highest BCUT2D eigenvalue weighted by Gasteiger charge is 2.14. The van der Waals surface area contributed by atoms with Crippen LogP contribution in [-0.4, -0.2) is 24.6 Å². The zero-order valence-corrected chi connectivity index (χ0v) is 18.5. The van der Waals surface area contributed by atoms with Crippen molar-refractivity contribution in [1.82, 2.24) is 9.97 Å². The van der Waals surface area contributed by atoms with Crippen LogP contribution in [0.25, 0.3) is 31.6 Å². The number of nitriles is 1. The van der Waals surface area contributed by atoms with Crippen LogP contribution in [0.1, 0.15) is 5.56 Å². The fraction of sp³-hybridized carbons (Fsp3) is 0.0435. The molecule has 32 heavy (non-hydrogen) atoms. The molecule has 5 aromatic rings. The first kappa shape index (κ1) is 20.1. The van der Waals surface area contributed by atoms with Gasteiger partial charge in [-0.15, -0.1) is 11.3 Å². The number of H-pyrrole nitrogens is 1. The molecule has 3 N–H and O–H groups in total. The normalized spacial score (nSPS) is 11.5. The molecule has 0 bridgehead atoms. The number of nitrogens with zero attached hydrogens (tertiary/aromatic N) is 2. The lowest BCUT2D eigenvalue weighted by atomic mass is 10.1. The van der Waals surface area contributed by atoms with Crippen molar-refractivity contribution in [3.05, 3.63) is 72.6 Å². The highest BCUT2D eigenvalue weighted by atomic mass is 32.2. The van der Waals surface area contributed by atoms with E-state index in [1.54, 1.807) is 18.3 Å². The number of thiophene rings is 1. The summed E-state index contributed by atoms with van der Waals surface area (Å²) < 4.78 is 25.3. The average Bonchev–Trinajstić information content (AvgIpc) is 3.40. The van der Waals surface area contributed by atoms with E-state index < -0.39 is 10.0 Å². The minimum Gasteiger partial charge on any atom is -0.361 e. The Bertz CT molecular complexity index is 1610. The van der Waals surface area contributed by atoms with Crippen molar-refractivity contribution in [3.8, 4) is 16.5 Å². The summed E-state index contributed by atoms with van der Waals surface area (Å²) in [5.74, 6) is 0. The molecule has 0 aliphatic heterocycles. The summed E-state index contributed by atoms with van der Waals surface area (Å²) in [5, 5.41) is 15.0. The molecule has 0 aliphatic rings. The molecule has 3 aromatic heterocycles. The predicted octanol–water partition coefficient (Wildman–Crippen LogP) is 5.43. The van der Waals surface area contributed by atoms with Gasteiger partial charge in [0.25, 0.3) is 0 Å². The topological polar surface area (TPSA) is 111 Å². The summed E-state index contributed by atoms with van der Waals surface area (Å²) in [4.78, 5) is 9.42. The van der Waals surface area contributed by atoms with Crippen molar-refractivity contribution in [3.63, 3.8) is 0 Å². The van der Waals surface area contributed by atoms with E-state index in [0.29, 0.717) is 16.9 Å². The van der Waals surface area contributed by atoms with Gasteiger partial charge in [-0.25, -0.2) is 13.4 Å². The van der Waals surface area contributed by atoms with Crippen molar-refractivity contribution in [2.45, 2.75) is 0 Å². The third-order valence-electron chi connectivity index (χ3n) is 4.98. The summed E-state index contributed by atoms with van der Waals surface area (Å²) >= 11 is 1.51. The maximum Gasteiger partial charge on any atom is 0.229 e. The molecular weight excluding hydrogens is 442 g/mol. The van der Waals surface area contributed by atoms with E-state index in [9.17, 15) is 13.7 Å². The Hall–Kier alpha value is -3.87. The fourth-order valence-electron chi connectivity index (χ4n) is 3.54. The smallest absolute Gasteiger partial charge is 0.229 e. The highest BCUT2D eigenvalue weighted by Crippen LogP contribution is 2.38. The third kappa shape index (κ3) is 3.89. The number of benzene rings is 2. The molecule has 0 amide bonds. The van der Waals surface area contributed by atoms with Crippen molar-refractivity contribution in [2.24, 2.45) is 0 Å². The summed E-state index contributed by atoms with van der Waals surface area (Å²) in [5.41, 5.74) is 4.54. The van der Waals surface area contributed by atoms with E-state index in [2.05, 4.69) is 26.1 Å². The van der Waals surface area contributed by atoms with Crippen LogP contribution >= 0.6 is 11.3 Å². The Morgan fingerprint density at radius 2 is 1.84 bits per heavy atom. The number of hydrogen-bond donors (Lipinski definition) is 3. The minimum atomic E-state index is -3.33. The second-order valence-electron chi connectivity index (χ2n) is 7.34. The van der Waals surface area contributed by atoms with Gasteiger partial charge < -0.3 is 10.3 Å². The predicted molar refractivity (Wildman–Crippen MR) is 130 cm³/mol. The molecule has 9 heteroatoms. The van der Waals surface area contributed by atoms with Crippen molar-refractivity contribution < 1.29 is 8.42 Å². The van der Waals surface area contributed by atoms with E-state index in [1.807, 2.05) is 48.7 Å². The third-order valence-corrected chi connectivity index (χ3v) is 6.68. The van der Waals surface area contributed by atoms with Gasteiger partial charge in [-0.2, -0.15) is 5.26 Å². The zero-order valence-electron chi connectivity index (χ0n) is 16.9. The molecule has 2 aromatic carbocycles. The van der Waals surface area contributed by atoms with Gasteiger partial charge in [0, 0.05) is 44.9 Å². The maximum absolute atomic E-state index is 11.4. The molecule has 0 saturated heterocycles. The van der Waals surface area contributed by atoms with Gasteiger partial charge in [0.2, 0.25) is 10.0 Å². The Morgan fingerprint density at radius 1 is 1.06 bits per heavy atom. The molecule has 3 heterocycles. The summed E-state index contributed by atoms with van der Waals surface area (Å²) in [7, 11) is -3.33. The second kappa shape index (κ2) is 7.67. The lowest BCUT2D eigenvalue weighted by Crippen LogP contribution is -2.09. The van der Waals surface area contributed by atoms with Crippen LogP contribution in [0.15, 0.2) is 67.0 Å². The SMILES string of the molecule is CS(=O)(=O)Nc1ccc(-c2cc3c(Nc4ccc5[nH]ccc5c4)c(C#N)cnc3s2)cc1. The number of hydrogen-bond acceptors (Lipinski definition) is 6. The summed E-state index contributed by atoms with van der Waals surface area (Å²) in [6, 6.07) is 19.4. The van der Waals surface area contributed by atoms with Gasteiger partial charge in [0.05, 0.1) is 17.5 Å². The van der Waals surface area contributed by atoms with Crippen LogP contribution in [0.2, 0.25) is 0 Å². The van der Waals surface area contributed by atoms with E-state index in [-0.39, 0.29) is 0 Å². The monoisotopic (exact) mass is 459 g/mol. The van der Waals surface area contributed by atoms with Gasteiger partial charge in [0.1, 0.15) is 10.9 Å². The van der Waals surface area contributed by atoms with E-state index in [0.717, 1.165) is 43.5 Å². The molecule has 0 unspecified atom stereocenters. The Labute approximate surface area is 188 Å². The van der Waals surface area contributed by atoms with Crippen LogP contribution in [0.4, 0.5) is 17.1 Å². The number of fused-ring (bicyclic) bond motifs is 2. The van der Waals surface area contributed by atoms with Crippen LogP contribution in [0.5, 0.6) is 0 Å². The standard InChI is InChI=1S/C23H17N5O2S2/c1-32(29,30)28-17-4-2-14(3-5-17)21-11-19-22(16(12-24)13-26-23(19)31-21)27-18-6-7-20-15(10-18)8-9-25-20/h2-11,13,25,28H,1H3,(H,26,27). The molecule has 7 nitrogen and oxygen atoms in total. The fourth-order valence-corrected chi connectivity index (χ4v) is 5.12. The van der Waals surface area contributed by atoms with Crippen molar-refractivity contribution in [2.75, 3.05) is 16.3 Å². The number of pyridine rings is 1. The van der Waals surface area contributed by atoms with Crippen LogP contribution in [-0.2, 0) is 10.0 Å². The first-order valence-electron chi connectivity index (χ1n) is 9.65. The molecule has 5 rings (SSSR count). The largest absolute Gasteiger partial charge is 0.361 e. The summed E-state index contributed by atoms with van der Waals surface area (Å²) in [6.45, 7) is 0. The maximum atomic E-state index is 11.4. The van der Waals surface area contributed by atoms with Crippen molar-refractivity contribution >= 4 is 59.5 Å². The van der Waals surface area contributed by atoms with Gasteiger partial charge in [-0.1, -0.05) is 12.1 Å². The molecule has 0 aliphatic carbocycles. The Kier molecular flexibility index (Phi) is 4.81. The minimum absolute atomic E-state index is 0.462. The number of nitrogens with one attached hydrogen (secondary N) is 3. The van der Waals surface area contributed by atoms with Crippen LogP contribution < -0.4 is 10.0 Å². The summed E-state index contributed by atoms with van der Waals surface area (Å²) in [6.07, 6.45) is 4.59. The van der Waals surface area contributed by atoms with E-state index >= 15 is 0 Å². The number of aromatic nitrogens is 2. The van der Waals surface area contributed by atoms with Crippen LogP contribution in [0.3, 0.4) is 0 Å². The second-order valence-corrected chi connectivity index (χ2v) is 10.1. The lowest BCUT2D eigenvalue weighted by molar-refractivity contribution is 0.607. The lowest BCUT2D eigenvalue weighted by Gasteiger charge is -2.09. The molecule has 0 radical (unpaired) electrons. The van der Waals surface area contributed by atoms with Crippen LogP contribution in [0, 0.1) is 11.3 Å².